The largest absolute Gasteiger partial charge is 0.416 e. The average molecular weight is 525 g/mol. The van der Waals surface area contributed by atoms with Gasteiger partial charge in [-0.3, -0.25) is 9.69 Å². The van der Waals surface area contributed by atoms with Crippen LogP contribution >= 0.6 is 0 Å². The standard InChI is InChI=1S/C31H35F3N2O2/c32-31(33,34)22-3-1-2-20(12-22)28(38)36-17-21-15-29-9-8-25(36)27(21)30(29)10-11-35(16-18-4-5-18)26(29)13-19-6-7-23(37)14-24(19)30/h1-3,6-7,12,18,21,23,25-27,37H,4-5,8-11,13-17H2/t21-,23?,25?,26?,27?,29?,30?/m1/s1. The molecule has 5 fully saturated rings. The number of halogens is 3. The van der Waals surface area contributed by atoms with E-state index in [9.17, 15) is 23.1 Å². The molecule has 202 valence electrons. The number of nitrogens with zero attached hydrogens (tertiary/aromatic N) is 2. The molecule has 7 aliphatic rings. The summed E-state index contributed by atoms with van der Waals surface area (Å²) < 4.78 is 40.2. The Morgan fingerprint density at radius 3 is 2.76 bits per heavy atom. The number of carbonyl (C=O) groups is 1. The van der Waals surface area contributed by atoms with Crippen LogP contribution in [0.25, 0.3) is 0 Å². The Morgan fingerprint density at radius 1 is 1.13 bits per heavy atom. The second kappa shape index (κ2) is 7.75. The molecule has 2 heterocycles. The molecular weight excluding hydrogens is 489 g/mol. The maximum absolute atomic E-state index is 13.8. The number of hydrogen-bond donors (Lipinski definition) is 1. The topological polar surface area (TPSA) is 43.8 Å². The van der Waals surface area contributed by atoms with Crippen molar-refractivity contribution in [3.8, 4) is 0 Å². The number of likely N-dealkylation sites (tertiary alicyclic amines) is 2. The molecule has 1 amide bonds. The number of piperidine rings is 1. The van der Waals surface area contributed by atoms with Crippen LogP contribution < -0.4 is 0 Å². The molecule has 4 bridgehead atoms. The average Bonchev–Trinajstić information content (AvgIpc) is 3.58. The number of rotatable bonds is 3. The Morgan fingerprint density at radius 2 is 1.97 bits per heavy atom. The first-order chi connectivity index (χ1) is 18.2. The normalized spacial score (nSPS) is 41.4. The van der Waals surface area contributed by atoms with E-state index in [-0.39, 0.29) is 28.3 Å². The van der Waals surface area contributed by atoms with Gasteiger partial charge in [0.25, 0.3) is 5.91 Å². The van der Waals surface area contributed by atoms with Gasteiger partial charge in [0.2, 0.25) is 0 Å². The van der Waals surface area contributed by atoms with Crippen molar-refractivity contribution in [3.63, 3.8) is 0 Å². The van der Waals surface area contributed by atoms with Crippen LogP contribution in [-0.2, 0) is 6.18 Å². The van der Waals surface area contributed by atoms with E-state index >= 15 is 0 Å². The molecule has 1 N–H and O–H groups in total. The highest BCUT2D eigenvalue weighted by Gasteiger charge is 2.76. The molecule has 1 aromatic carbocycles. The van der Waals surface area contributed by atoms with Crippen LogP contribution in [0.3, 0.4) is 0 Å². The maximum Gasteiger partial charge on any atom is 0.416 e. The maximum atomic E-state index is 13.8. The summed E-state index contributed by atoms with van der Waals surface area (Å²) in [5.41, 5.74) is 2.45. The SMILES string of the molecule is O=C(c1cccc(C(F)(F)F)c1)N1C[C@H]2CC34CCC1C2C31CCN(CC2CC2)C4CC2=C1CC(O)C=C2. The quantitative estimate of drug-likeness (QED) is 0.573. The van der Waals surface area contributed by atoms with Crippen LogP contribution in [0.1, 0.15) is 67.3 Å². The highest BCUT2D eigenvalue weighted by molar-refractivity contribution is 5.95. The molecule has 2 saturated heterocycles. The first-order valence-corrected chi connectivity index (χ1v) is 14.5. The van der Waals surface area contributed by atoms with Gasteiger partial charge < -0.3 is 10.0 Å². The van der Waals surface area contributed by atoms with Crippen molar-refractivity contribution in [1.29, 1.82) is 0 Å². The van der Waals surface area contributed by atoms with Gasteiger partial charge in [-0.05, 0) is 105 Å². The Kier molecular flexibility index (Phi) is 4.84. The third-order valence-electron chi connectivity index (χ3n) is 11.8. The summed E-state index contributed by atoms with van der Waals surface area (Å²) in [5.74, 6) is 1.29. The lowest BCUT2D eigenvalue weighted by molar-refractivity contribution is -0.137. The summed E-state index contributed by atoms with van der Waals surface area (Å²) in [7, 11) is 0. The smallest absolute Gasteiger partial charge is 0.389 e. The number of benzene rings is 1. The minimum Gasteiger partial charge on any atom is -0.389 e. The summed E-state index contributed by atoms with van der Waals surface area (Å²) >= 11 is 0. The van der Waals surface area contributed by atoms with Crippen LogP contribution in [0.4, 0.5) is 13.2 Å². The Hall–Kier alpha value is -2.12. The number of aliphatic hydroxyl groups is 1. The number of allylic oxidation sites excluding steroid dienone is 1. The van der Waals surface area contributed by atoms with Crippen LogP contribution in [0.2, 0.25) is 0 Å². The molecule has 2 aliphatic heterocycles. The highest BCUT2D eigenvalue weighted by atomic mass is 19.4. The lowest BCUT2D eigenvalue weighted by Crippen LogP contribution is -2.68. The van der Waals surface area contributed by atoms with E-state index < -0.39 is 17.8 Å². The van der Waals surface area contributed by atoms with Gasteiger partial charge in [-0.1, -0.05) is 23.8 Å². The minimum absolute atomic E-state index is 0.00648. The fourth-order valence-corrected chi connectivity index (χ4v) is 10.5. The van der Waals surface area contributed by atoms with Crippen molar-refractivity contribution in [2.24, 2.45) is 28.6 Å². The molecule has 3 saturated carbocycles. The van der Waals surface area contributed by atoms with Gasteiger partial charge in [-0.25, -0.2) is 0 Å². The monoisotopic (exact) mass is 524 g/mol. The molecule has 8 rings (SSSR count). The van der Waals surface area contributed by atoms with Crippen LogP contribution in [0.15, 0.2) is 47.6 Å². The van der Waals surface area contributed by atoms with E-state index in [0.717, 1.165) is 56.7 Å². The van der Waals surface area contributed by atoms with E-state index in [1.165, 1.54) is 42.7 Å². The molecule has 0 aromatic heterocycles. The zero-order chi connectivity index (χ0) is 26.0. The highest BCUT2D eigenvalue weighted by Crippen LogP contribution is 2.78. The van der Waals surface area contributed by atoms with Crippen LogP contribution in [0, 0.1) is 28.6 Å². The van der Waals surface area contributed by atoms with Crippen molar-refractivity contribution in [3.05, 3.63) is 58.7 Å². The van der Waals surface area contributed by atoms with Crippen molar-refractivity contribution in [2.75, 3.05) is 19.6 Å². The van der Waals surface area contributed by atoms with Crippen LogP contribution in [0.5, 0.6) is 0 Å². The van der Waals surface area contributed by atoms with Gasteiger partial charge >= 0.3 is 6.18 Å². The van der Waals surface area contributed by atoms with E-state index in [0.29, 0.717) is 30.8 Å². The summed E-state index contributed by atoms with van der Waals surface area (Å²) in [6, 6.07) is 5.53. The Labute approximate surface area is 221 Å². The van der Waals surface area contributed by atoms with E-state index in [2.05, 4.69) is 11.0 Å². The molecule has 7 atom stereocenters. The van der Waals surface area contributed by atoms with E-state index in [4.69, 9.17) is 0 Å². The predicted octanol–water partition coefficient (Wildman–Crippen LogP) is 5.44. The number of carbonyl (C=O) groups excluding carboxylic acids is 1. The van der Waals surface area contributed by atoms with Crippen LogP contribution in [-0.4, -0.2) is 58.6 Å². The predicted molar refractivity (Wildman–Crippen MR) is 136 cm³/mol. The van der Waals surface area contributed by atoms with Crippen molar-refractivity contribution in [1.82, 2.24) is 9.80 Å². The first-order valence-electron chi connectivity index (χ1n) is 14.5. The molecule has 38 heavy (non-hydrogen) atoms. The van der Waals surface area contributed by atoms with Crippen molar-refractivity contribution in [2.45, 2.75) is 75.7 Å². The summed E-state index contributed by atoms with van der Waals surface area (Å²) in [6.07, 6.45) is 7.87. The lowest BCUT2D eigenvalue weighted by Gasteiger charge is -2.67. The number of alkyl halides is 3. The fourth-order valence-electron chi connectivity index (χ4n) is 10.5. The first kappa shape index (κ1) is 23.7. The summed E-state index contributed by atoms with van der Waals surface area (Å²) in [4.78, 5) is 18.5. The van der Waals surface area contributed by atoms with Gasteiger partial charge in [-0.2, -0.15) is 13.2 Å². The third kappa shape index (κ3) is 3.03. The van der Waals surface area contributed by atoms with Crippen molar-refractivity contribution >= 4 is 5.91 Å². The Balaban J connectivity index is 1.19. The Bertz CT molecular complexity index is 1270. The molecular formula is C31H35F3N2O2. The van der Waals surface area contributed by atoms with Gasteiger partial charge in [0.05, 0.1) is 11.7 Å². The summed E-state index contributed by atoms with van der Waals surface area (Å²) in [5, 5.41) is 10.7. The van der Waals surface area contributed by atoms with Gasteiger partial charge in [0, 0.05) is 36.2 Å². The molecule has 1 aromatic rings. The molecule has 4 nitrogen and oxygen atoms in total. The van der Waals surface area contributed by atoms with E-state index in [1.54, 1.807) is 0 Å². The minimum atomic E-state index is -4.47. The van der Waals surface area contributed by atoms with E-state index in [1.807, 2.05) is 11.0 Å². The molecule has 5 aliphatic carbocycles. The summed E-state index contributed by atoms with van der Waals surface area (Å²) in [6.45, 7) is 2.93. The zero-order valence-electron chi connectivity index (χ0n) is 21.6. The van der Waals surface area contributed by atoms with Gasteiger partial charge in [-0.15, -0.1) is 0 Å². The third-order valence-corrected chi connectivity index (χ3v) is 11.8. The number of hydrogen-bond acceptors (Lipinski definition) is 3. The molecule has 0 radical (unpaired) electrons. The number of amides is 1. The lowest BCUT2D eigenvalue weighted by atomic mass is 9.42. The van der Waals surface area contributed by atoms with Gasteiger partial charge in [0.15, 0.2) is 0 Å². The van der Waals surface area contributed by atoms with Crippen molar-refractivity contribution < 1.29 is 23.1 Å². The fraction of sp³-hybridized carbons (Fsp3) is 0.645. The molecule has 6 unspecified atom stereocenters. The molecule has 0 spiro atoms. The van der Waals surface area contributed by atoms with Gasteiger partial charge in [0.1, 0.15) is 0 Å². The zero-order valence-corrected chi connectivity index (χ0v) is 21.6. The number of aliphatic hydroxyl groups excluding tert-OH is 1. The molecule has 7 heteroatoms. The second-order valence-corrected chi connectivity index (χ2v) is 13.3. The second-order valence-electron chi connectivity index (χ2n) is 13.3.